The van der Waals surface area contributed by atoms with Crippen LogP contribution < -0.4 is 10.1 Å². The number of rotatable bonds is 9. The van der Waals surface area contributed by atoms with Gasteiger partial charge in [-0.05, 0) is 30.5 Å². The molecule has 0 heterocycles. The largest absolute Gasteiger partial charge is 0.490 e. The Kier molecular flexibility index (Phi) is 6.60. The number of nitrogens with one attached hydrogen (secondary N) is 1. The monoisotopic (exact) mass is 263 g/mol. The molecule has 1 aromatic carbocycles. The van der Waals surface area contributed by atoms with E-state index in [9.17, 15) is 5.11 Å². The van der Waals surface area contributed by atoms with Gasteiger partial charge in [-0.1, -0.05) is 38.6 Å². The van der Waals surface area contributed by atoms with Crippen molar-refractivity contribution in [3.05, 3.63) is 42.5 Å². The van der Waals surface area contributed by atoms with Crippen LogP contribution in [0.15, 0.2) is 36.9 Å². The quantitative estimate of drug-likeness (QED) is 0.673. The molecule has 0 amide bonds. The zero-order valence-corrected chi connectivity index (χ0v) is 12.0. The molecule has 0 saturated heterocycles. The molecule has 2 N–H and O–H groups in total. The fourth-order valence-electron chi connectivity index (χ4n) is 1.93. The summed E-state index contributed by atoms with van der Waals surface area (Å²) in [6.07, 6.45) is 3.56. The van der Waals surface area contributed by atoms with Gasteiger partial charge in [0.15, 0.2) is 0 Å². The molecule has 0 atom stereocenters. The second-order valence-corrected chi connectivity index (χ2v) is 4.74. The van der Waals surface area contributed by atoms with Gasteiger partial charge in [0, 0.05) is 12.1 Å². The molecular weight excluding hydrogens is 238 g/mol. The summed E-state index contributed by atoms with van der Waals surface area (Å²) in [7, 11) is 0. The lowest BCUT2D eigenvalue weighted by atomic mass is 9.93. The zero-order chi connectivity index (χ0) is 14.1. The lowest BCUT2D eigenvalue weighted by Gasteiger charge is -2.31. The van der Waals surface area contributed by atoms with Crippen LogP contribution in [-0.2, 0) is 6.54 Å². The van der Waals surface area contributed by atoms with Gasteiger partial charge in [0.2, 0.25) is 0 Å². The first-order chi connectivity index (χ1) is 9.19. The second kappa shape index (κ2) is 7.97. The summed E-state index contributed by atoms with van der Waals surface area (Å²) < 4.78 is 5.44. The molecular formula is C16H25NO2. The smallest absolute Gasteiger partial charge is 0.119 e. The predicted octanol–water partition coefficient (Wildman–Crippen LogP) is 2.89. The van der Waals surface area contributed by atoms with Gasteiger partial charge in [-0.25, -0.2) is 0 Å². The summed E-state index contributed by atoms with van der Waals surface area (Å²) in [5, 5.41) is 13.0. The SMILES string of the molecule is C=CCOc1ccc(CNC(CC)(CC)CO)cc1. The Hall–Kier alpha value is -1.32. The summed E-state index contributed by atoms with van der Waals surface area (Å²) in [6.45, 7) is 9.26. The number of benzene rings is 1. The summed E-state index contributed by atoms with van der Waals surface area (Å²) in [5.74, 6) is 0.850. The summed E-state index contributed by atoms with van der Waals surface area (Å²) in [6, 6.07) is 8.00. The van der Waals surface area contributed by atoms with Gasteiger partial charge in [-0.15, -0.1) is 0 Å². The van der Waals surface area contributed by atoms with E-state index in [1.54, 1.807) is 6.08 Å². The molecule has 3 nitrogen and oxygen atoms in total. The Balaban J connectivity index is 2.55. The van der Waals surface area contributed by atoms with E-state index in [4.69, 9.17) is 4.74 Å². The molecule has 0 fully saturated rings. The van der Waals surface area contributed by atoms with Crippen LogP contribution in [0.5, 0.6) is 5.75 Å². The van der Waals surface area contributed by atoms with Crippen molar-refractivity contribution < 1.29 is 9.84 Å². The maximum absolute atomic E-state index is 9.50. The van der Waals surface area contributed by atoms with E-state index < -0.39 is 0 Å². The molecule has 0 radical (unpaired) electrons. The van der Waals surface area contributed by atoms with Crippen molar-refractivity contribution in [1.29, 1.82) is 0 Å². The molecule has 0 unspecified atom stereocenters. The number of hydrogen-bond donors (Lipinski definition) is 2. The molecule has 0 aromatic heterocycles. The first kappa shape index (κ1) is 15.7. The van der Waals surface area contributed by atoms with Crippen LogP contribution in [0.4, 0.5) is 0 Å². The first-order valence-corrected chi connectivity index (χ1v) is 6.88. The van der Waals surface area contributed by atoms with Gasteiger partial charge in [0.1, 0.15) is 12.4 Å². The summed E-state index contributed by atoms with van der Waals surface area (Å²) >= 11 is 0. The fourth-order valence-corrected chi connectivity index (χ4v) is 1.93. The van der Waals surface area contributed by atoms with Crippen LogP contribution in [-0.4, -0.2) is 23.9 Å². The Labute approximate surface area is 116 Å². The average molecular weight is 263 g/mol. The van der Waals surface area contributed by atoms with Crippen molar-refractivity contribution in [2.75, 3.05) is 13.2 Å². The van der Waals surface area contributed by atoms with Crippen molar-refractivity contribution in [3.63, 3.8) is 0 Å². The normalized spacial score (nSPS) is 11.3. The van der Waals surface area contributed by atoms with Gasteiger partial charge in [0.05, 0.1) is 6.61 Å². The zero-order valence-electron chi connectivity index (χ0n) is 12.0. The lowest BCUT2D eigenvalue weighted by molar-refractivity contribution is 0.149. The van der Waals surface area contributed by atoms with Crippen LogP contribution in [0.25, 0.3) is 0 Å². The molecule has 0 bridgehead atoms. The molecule has 0 spiro atoms. The van der Waals surface area contributed by atoms with E-state index in [0.717, 1.165) is 25.1 Å². The van der Waals surface area contributed by atoms with Crippen molar-refractivity contribution >= 4 is 0 Å². The molecule has 0 aliphatic heterocycles. The third-order valence-corrected chi connectivity index (χ3v) is 3.61. The molecule has 0 aliphatic carbocycles. The standard InChI is InChI=1S/C16H25NO2/c1-4-11-19-15-9-7-14(8-10-15)12-17-16(5-2,6-3)13-18/h4,7-10,17-18H,1,5-6,11-13H2,2-3H3. The van der Waals surface area contributed by atoms with Gasteiger partial charge in [-0.2, -0.15) is 0 Å². The Morgan fingerprint density at radius 3 is 2.37 bits per heavy atom. The van der Waals surface area contributed by atoms with E-state index in [2.05, 4.69) is 25.7 Å². The Morgan fingerprint density at radius 2 is 1.89 bits per heavy atom. The Morgan fingerprint density at radius 1 is 1.26 bits per heavy atom. The van der Waals surface area contributed by atoms with E-state index in [0.29, 0.717) is 6.61 Å². The molecule has 106 valence electrons. The summed E-state index contributed by atoms with van der Waals surface area (Å²) in [4.78, 5) is 0. The van der Waals surface area contributed by atoms with Gasteiger partial charge >= 0.3 is 0 Å². The lowest BCUT2D eigenvalue weighted by Crippen LogP contribution is -2.47. The van der Waals surface area contributed by atoms with Crippen LogP contribution >= 0.6 is 0 Å². The van der Waals surface area contributed by atoms with E-state index >= 15 is 0 Å². The minimum Gasteiger partial charge on any atom is -0.490 e. The van der Waals surface area contributed by atoms with Crippen LogP contribution in [0.3, 0.4) is 0 Å². The van der Waals surface area contributed by atoms with Crippen LogP contribution in [0.1, 0.15) is 32.3 Å². The van der Waals surface area contributed by atoms with Crippen molar-refractivity contribution in [2.45, 2.75) is 38.8 Å². The molecule has 0 saturated carbocycles. The van der Waals surface area contributed by atoms with Gasteiger partial charge in [0.25, 0.3) is 0 Å². The van der Waals surface area contributed by atoms with Crippen LogP contribution in [0.2, 0.25) is 0 Å². The third-order valence-electron chi connectivity index (χ3n) is 3.61. The highest BCUT2D eigenvalue weighted by Gasteiger charge is 2.23. The van der Waals surface area contributed by atoms with E-state index in [1.807, 2.05) is 24.3 Å². The van der Waals surface area contributed by atoms with Gasteiger partial charge < -0.3 is 15.2 Å². The molecule has 1 aromatic rings. The van der Waals surface area contributed by atoms with E-state index in [1.165, 1.54) is 5.56 Å². The maximum atomic E-state index is 9.50. The Bertz CT molecular complexity index is 361. The third kappa shape index (κ3) is 4.69. The van der Waals surface area contributed by atoms with Crippen molar-refractivity contribution in [3.8, 4) is 5.75 Å². The summed E-state index contributed by atoms with van der Waals surface area (Å²) in [5.41, 5.74) is 1.02. The van der Waals surface area contributed by atoms with Crippen LogP contribution in [0, 0.1) is 0 Å². The highest BCUT2D eigenvalue weighted by Crippen LogP contribution is 2.17. The molecule has 1 rings (SSSR count). The number of aliphatic hydroxyl groups is 1. The van der Waals surface area contributed by atoms with E-state index in [-0.39, 0.29) is 12.1 Å². The maximum Gasteiger partial charge on any atom is 0.119 e. The minimum atomic E-state index is -0.169. The number of hydrogen-bond acceptors (Lipinski definition) is 3. The highest BCUT2D eigenvalue weighted by molar-refractivity contribution is 5.27. The number of ether oxygens (including phenoxy) is 1. The topological polar surface area (TPSA) is 41.5 Å². The number of aliphatic hydroxyl groups excluding tert-OH is 1. The van der Waals surface area contributed by atoms with Gasteiger partial charge in [-0.3, -0.25) is 0 Å². The molecule has 0 aliphatic rings. The fraction of sp³-hybridized carbons (Fsp3) is 0.500. The van der Waals surface area contributed by atoms with Crippen molar-refractivity contribution in [2.24, 2.45) is 0 Å². The average Bonchev–Trinajstić information content (AvgIpc) is 2.48. The van der Waals surface area contributed by atoms with Crippen molar-refractivity contribution in [1.82, 2.24) is 5.32 Å². The minimum absolute atomic E-state index is 0.167. The highest BCUT2D eigenvalue weighted by atomic mass is 16.5. The molecule has 19 heavy (non-hydrogen) atoms. The molecule has 3 heteroatoms. The predicted molar refractivity (Wildman–Crippen MR) is 79.4 cm³/mol. The first-order valence-electron chi connectivity index (χ1n) is 6.88. The second-order valence-electron chi connectivity index (χ2n) is 4.74.